The fourth-order valence-corrected chi connectivity index (χ4v) is 2.57. The van der Waals surface area contributed by atoms with Gasteiger partial charge in [0.1, 0.15) is 0 Å². The highest BCUT2D eigenvalue weighted by molar-refractivity contribution is 7.85. The smallest absolute Gasteiger partial charge is 0.344 e. The van der Waals surface area contributed by atoms with Gasteiger partial charge in [0.25, 0.3) is 10.1 Å². The predicted molar refractivity (Wildman–Crippen MR) is 74.7 cm³/mol. The fourth-order valence-electron chi connectivity index (χ4n) is 2.00. The zero-order valence-electron chi connectivity index (χ0n) is 11.3. The van der Waals surface area contributed by atoms with E-state index in [4.69, 9.17) is 8.97 Å². The van der Waals surface area contributed by atoms with Crippen molar-refractivity contribution >= 4 is 10.1 Å². The van der Waals surface area contributed by atoms with Crippen molar-refractivity contribution in [2.75, 3.05) is 5.75 Å². The summed E-state index contributed by atoms with van der Waals surface area (Å²) in [5, 5.41) is 0. The maximum absolute atomic E-state index is 10.6. The molecule has 1 aromatic heterocycles. The molecule has 0 saturated heterocycles. The Kier molecular flexibility index (Phi) is 4.57. The van der Waals surface area contributed by atoms with Gasteiger partial charge in [-0.2, -0.15) is 13.0 Å². The van der Waals surface area contributed by atoms with Crippen molar-refractivity contribution in [1.82, 2.24) is 0 Å². The summed E-state index contributed by atoms with van der Waals surface area (Å²) in [6.45, 7) is 2.53. The lowest BCUT2D eigenvalue weighted by atomic mass is 10.2. The van der Waals surface area contributed by atoms with Gasteiger partial charge in [-0.05, 0) is 6.42 Å². The highest BCUT2D eigenvalue weighted by Gasteiger charge is 2.16. The van der Waals surface area contributed by atoms with Crippen molar-refractivity contribution in [2.24, 2.45) is 0 Å². The molecule has 0 saturated carbocycles. The van der Waals surface area contributed by atoms with Crippen LogP contribution in [0.5, 0.6) is 0 Å². The van der Waals surface area contributed by atoms with Crippen LogP contribution in [0.1, 0.15) is 18.7 Å². The van der Waals surface area contributed by atoms with E-state index in [0.717, 1.165) is 17.2 Å². The molecule has 5 nitrogen and oxygen atoms in total. The van der Waals surface area contributed by atoms with Gasteiger partial charge in [-0.3, -0.25) is 4.55 Å². The van der Waals surface area contributed by atoms with Crippen LogP contribution in [0.3, 0.4) is 0 Å². The van der Waals surface area contributed by atoms with Crippen LogP contribution in [0.25, 0.3) is 11.3 Å². The summed E-state index contributed by atoms with van der Waals surface area (Å²) in [6.07, 6.45) is 3.01. The summed E-state index contributed by atoms with van der Waals surface area (Å²) >= 11 is 0. The third kappa shape index (κ3) is 4.18. The Bertz CT molecular complexity index is 662. The van der Waals surface area contributed by atoms with Crippen molar-refractivity contribution in [2.45, 2.75) is 26.3 Å². The number of oxazole rings is 1. The quantitative estimate of drug-likeness (QED) is 0.504. The molecule has 1 N–H and O–H groups in total. The average Bonchev–Trinajstić information content (AvgIpc) is 2.76. The van der Waals surface area contributed by atoms with Gasteiger partial charge < -0.3 is 4.42 Å². The number of unbranched alkanes of at least 4 members (excludes halogenated alkanes) is 1. The van der Waals surface area contributed by atoms with E-state index in [2.05, 4.69) is 0 Å². The molecule has 108 valence electrons. The van der Waals surface area contributed by atoms with Crippen LogP contribution < -0.4 is 4.57 Å². The monoisotopic (exact) mass is 296 g/mol. The number of aromatic nitrogens is 1. The second kappa shape index (κ2) is 6.19. The number of aryl methyl sites for hydroxylation is 2. The summed E-state index contributed by atoms with van der Waals surface area (Å²) < 4.78 is 37.6. The van der Waals surface area contributed by atoms with Gasteiger partial charge in [0.15, 0.2) is 6.54 Å². The first kappa shape index (κ1) is 14.7. The molecule has 0 aliphatic rings. The Morgan fingerprint density at radius 3 is 2.55 bits per heavy atom. The molecule has 0 bridgehead atoms. The minimum absolute atomic E-state index is 0.198. The molecule has 0 aliphatic heterocycles. The lowest BCUT2D eigenvalue weighted by Crippen LogP contribution is -2.34. The molecule has 0 amide bonds. The standard InChI is InChI=1S/C14H17NO4S/c1-12-15(9-5-6-10-20(16,17)18)11-14(19-12)13-7-3-2-4-8-13/h2-4,7-8,11H,5-6,9-10H2,1H3/p+1. The number of nitrogens with zero attached hydrogens (tertiary/aromatic N) is 1. The van der Waals surface area contributed by atoms with Gasteiger partial charge in [0.2, 0.25) is 12.0 Å². The molecule has 2 rings (SSSR count). The van der Waals surface area contributed by atoms with E-state index in [1.54, 1.807) is 0 Å². The number of benzene rings is 1. The number of hydrogen-bond acceptors (Lipinski definition) is 3. The summed E-state index contributed by atoms with van der Waals surface area (Å²) in [5.74, 6) is 1.37. The first-order valence-electron chi connectivity index (χ1n) is 6.46. The molecular weight excluding hydrogens is 278 g/mol. The SMILES string of the molecule is Cc1oc(-c2ccccc2)c[n+]1CCCCS(=O)(=O)O. The summed E-state index contributed by atoms with van der Waals surface area (Å²) in [6, 6.07) is 9.79. The van der Waals surface area contributed by atoms with Gasteiger partial charge >= 0.3 is 5.89 Å². The second-order valence-corrected chi connectivity index (χ2v) is 6.24. The van der Waals surface area contributed by atoms with E-state index in [-0.39, 0.29) is 5.75 Å². The van der Waals surface area contributed by atoms with Crippen LogP contribution in [0.2, 0.25) is 0 Å². The third-order valence-corrected chi connectivity index (χ3v) is 3.85. The molecule has 0 spiro atoms. The maximum atomic E-state index is 10.6. The topological polar surface area (TPSA) is 71.4 Å². The molecule has 6 heteroatoms. The van der Waals surface area contributed by atoms with Gasteiger partial charge in [-0.15, -0.1) is 0 Å². The first-order chi connectivity index (χ1) is 9.46. The molecule has 0 radical (unpaired) electrons. The molecule has 20 heavy (non-hydrogen) atoms. The highest BCUT2D eigenvalue weighted by Crippen LogP contribution is 2.18. The molecule has 0 atom stereocenters. The van der Waals surface area contributed by atoms with Crippen molar-refractivity contribution in [3.8, 4) is 11.3 Å². The van der Waals surface area contributed by atoms with Crippen molar-refractivity contribution in [1.29, 1.82) is 0 Å². The minimum Gasteiger partial charge on any atom is -0.402 e. The molecule has 0 fully saturated rings. The summed E-state index contributed by atoms with van der Waals surface area (Å²) in [5.41, 5.74) is 1.01. The van der Waals surface area contributed by atoms with Crippen LogP contribution in [0, 0.1) is 6.92 Å². The molecule has 1 aromatic carbocycles. The summed E-state index contributed by atoms with van der Waals surface area (Å²) in [7, 11) is -3.86. The van der Waals surface area contributed by atoms with Crippen LogP contribution in [0.15, 0.2) is 40.9 Å². The summed E-state index contributed by atoms with van der Waals surface area (Å²) in [4.78, 5) is 0. The largest absolute Gasteiger partial charge is 0.402 e. The van der Waals surface area contributed by atoms with Gasteiger partial charge in [-0.1, -0.05) is 30.3 Å². The van der Waals surface area contributed by atoms with Crippen LogP contribution >= 0.6 is 0 Å². The maximum Gasteiger partial charge on any atom is 0.344 e. The van der Waals surface area contributed by atoms with Crippen molar-refractivity contribution < 1.29 is 22.0 Å². The van der Waals surface area contributed by atoms with Gasteiger partial charge in [-0.25, -0.2) is 0 Å². The van der Waals surface area contributed by atoms with E-state index >= 15 is 0 Å². The lowest BCUT2D eigenvalue weighted by molar-refractivity contribution is -0.706. The molecule has 0 aliphatic carbocycles. The molecular formula is C14H18NO4S+. The Balaban J connectivity index is 1.98. The van der Waals surface area contributed by atoms with Gasteiger partial charge in [0, 0.05) is 12.0 Å². The minimum atomic E-state index is -3.86. The van der Waals surface area contributed by atoms with Gasteiger partial charge in [0.05, 0.1) is 12.7 Å². The van der Waals surface area contributed by atoms with Crippen LogP contribution in [-0.4, -0.2) is 18.7 Å². The molecule has 2 aromatic rings. The van der Waals surface area contributed by atoms with Crippen molar-refractivity contribution in [3.05, 3.63) is 42.4 Å². The highest BCUT2D eigenvalue weighted by atomic mass is 32.2. The normalized spacial score (nSPS) is 11.7. The molecule has 1 heterocycles. The lowest BCUT2D eigenvalue weighted by Gasteiger charge is -1.95. The van der Waals surface area contributed by atoms with E-state index in [1.807, 2.05) is 48.0 Å². The zero-order valence-corrected chi connectivity index (χ0v) is 12.1. The van der Waals surface area contributed by atoms with E-state index < -0.39 is 10.1 Å². The Hall–Kier alpha value is -1.66. The Morgan fingerprint density at radius 2 is 1.90 bits per heavy atom. The zero-order chi connectivity index (χ0) is 14.6. The molecule has 0 unspecified atom stereocenters. The van der Waals surface area contributed by atoms with E-state index in [9.17, 15) is 8.42 Å². The Labute approximate surface area is 118 Å². The number of rotatable bonds is 6. The average molecular weight is 296 g/mol. The predicted octanol–water partition coefficient (Wildman–Crippen LogP) is 2.21. The van der Waals surface area contributed by atoms with Crippen LogP contribution in [0.4, 0.5) is 0 Å². The Morgan fingerprint density at radius 1 is 1.20 bits per heavy atom. The van der Waals surface area contributed by atoms with E-state index in [0.29, 0.717) is 19.4 Å². The fraction of sp³-hybridized carbons (Fsp3) is 0.357. The third-order valence-electron chi connectivity index (χ3n) is 3.04. The van der Waals surface area contributed by atoms with E-state index in [1.165, 1.54) is 0 Å². The van der Waals surface area contributed by atoms with Crippen molar-refractivity contribution in [3.63, 3.8) is 0 Å². The van der Waals surface area contributed by atoms with Crippen LogP contribution in [-0.2, 0) is 16.7 Å². The number of hydrogen-bond donors (Lipinski definition) is 1. The second-order valence-electron chi connectivity index (χ2n) is 4.67. The first-order valence-corrected chi connectivity index (χ1v) is 8.07.